The normalized spacial score (nSPS) is 10.5. The van der Waals surface area contributed by atoms with Crippen molar-refractivity contribution in [3.8, 4) is 5.69 Å². The molecule has 0 aliphatic heterocycles. The molecule has 2 aromatic rings. The predicted octanol–water partition coefficient (Wildman–Crippen LogP) is 1.34. The molecule has 0 bridgehead atoms. The van der Waals surface area contributed by atoms with E-state index in [4.69, 9.17) is 10.5 Å². The average Bonchev–Trinajstić information content (AvgIpc) is 2.93. The summed E-state index contributed by atoms with van der Waals surface area (Å²) >= 11 is 0. The van der Waals surface area contributed by atoms with Crippen molar-refractivity contribution in [2.75, 3.05) is 13.2 Å². The Labute approximate surface area is 117 Å². The van der Waals surface area contributed by atoms with Gasteiger partial charge in [-0.25, -0.2) is 9.48 Å². The van der Waals surface area contributed by atoms with Crippen LogP contribution in [0.25, 0.3) is 5.69 Å². The standard InChI is InChI=1S/C14H18N4O2/c1-2-8-20-14(19)11-4-3-5-12(9-11)18-13(6-7-15)10-16-17-18/h3-5,9-10H,2,6-8,15H2,1H3. The van der Waals surface area contributed by atoms with Gasteiger partial charge in [0.1, 0.15) is 0 Å². The van der Waals surface area contributed by atoms with Crippen LogP contribution in [0.3, 0.4) is 0 Å². The molecule has 0 saturated heterocycles. The quantitative estimate of drug-likeness (QED) is 0.804. The highest BCUT2D eigenvalue weighted by atomic mass is 16.5. The van der Waals surface area contributed by atoms with Gasteiger partial charge in [0, 0.05) is 6.42 Å². The van der Waals surface area contributed by atoms with Gasteiger partial charge in [-0.15, -0.1) is 5.10 Å². The van der Waals surface area contributed by atoms with E-state index in [2.05, 4.69) is 10.3 Å². The van der Waals surface area contributed by atoms with Crippen LogP contribution in [-0.2, 0) is 11.2 Å². The van der Waals surface area contributed by atoms with Gasteiger partial charge in [-0.2, -0.15) is 0 Å². The molecule has 0 aliphatic carbocycles. The number of hydrogen-bond acceptors (Lipinski definition) is 5. The zero-order chi connectivity index (χ0) is 14.4. The number of rotatable bonds is 6. The maximum atomic E-state index is 11.8. The third kappa shape index (κ3) is 3.21. The van der Waals surface area contributed by atoms with E-state index < -0.39 is 0 Å². The number of ether oxygens (including phenoxy) is 1. The van der Waals surface area contributed by atoms with Gasteiger partial charge in [-0.1, -0.05) is 18.2 Å². The highest BCUT2D eigenvalue weighted by Gasteiger charge is 2.10. The molecular weight excluding hydrogens is 256 g/mol. The van der Waals surface area contributed by atoms with Crippen molar-refractivity contribution in [3.63, 3.8) is 0 Å². The summed E-state index contributed by atoms with van der Waals surface area (Å²) in [5.41, 5.74) is 7.75. The molecule has 0 fully saturated rings. The smallest absolute Gasteiger partial charge is 0.338 e. The van der Waals surface area contributed by atoms with E-state index in [1.165, 1.54) is 0 Å². The number of aromatic nitrogens is 3. The molecule has 0 amide bonds. The van der Waals surface area contributed by atoms with E-state index in [0.29, 0.717) is 25.1 Å². The van der Waals surface area contributed by atoms with E-state index in [1.807, 2.05) is 13.0 Å². The minimum absolute atomic E-state index is 0.325. The van der Waals surface area contributed by atoms with Crippen LogP contribution < -0.4 is 5.73 Å². The van der Waals surface area contributed by atoms with E-state index in [1.54, 1.807) is 29.1 Å². The molecule has 1 aromatic carbocycles. The van der Waals surface area contributed by atoms with E-state index >= 15 is 0 Å². The molecule has 6 heteroatoms. The Kier molecular flexibility index (Phi) is 4.84. The Morgan fingerprint density at radius 1 is 1.45 bits per heavy atom. The van der Waals surface area contributed by atoms with E-state index in [0.717, 1.165) is 17.8 Å². The van der Waals surface area contributed by atoms with Gasteiger partial charge in [-0.3, -0.25) is 0 Å². The molecule has 0 unspecified atom stereocenters. The van der Waals surface area contributed by atoms with Gasteiger partial charge < -0.3 is 10.5 Å². The van der Waals surface area contributed by atoms with E-state index in [9.17, 15) is 4.79 Å². The van der Waals surface area contributed by atoms with Gasteiger partial charge in [0.05, 0.1) is 29.7 Å². The monoisotopic (exact) mass is 274 g/mol. The first-order chi connectivity index (χ1) is 9.76. The number of nitrogens with two attached hydrogens (primary N) is 1. The molecule has 0 atom stereocenters. The SMILES string of the molecule is CCCOC(=O)c1cccc(-n2nncc2CCN)c1. The van der Waals surface area contributed by atoms with Crippen LogP contribution in [0.2, 0.25) is 0 Å². The molecule has 2 rings (SSSR count). The first-order valence-electron chi connectivity index (χ1n) is 6.63. The van der Waals surface area contributed by atoms with Crippen LogP contribution in [-0.4, -0.2) is 34.1 Å². The topological polar surface area (TPSA) is 83.0 Å². The van der Waals surface area contributed by atoms with E-state index in [-0.39, 0.29) is 5.97 Å². The Morgan fingerprint density at radius 2 is 2.30 bits per heavy atom. The number of nitrogens with zero attached hydrogens (tertiary/aromatic N) is 3. The van der Waals surface area contributed by atoms with Gasteiger partial charge in [0.25, 0.3) is 0 Å². The average molecular weight is 274 g/mol. The third-order valence-electron chi connectivity index (χ3n) is 2.78. The zero-order valence-electron chi connectivity index (χ0n) is 11.5. The number of benzene rings is 1. The summed E-state index contributed by atoms with van der Waals surface area (Å²) in [4.78, 5) is 11.8. The Balaban J connectivity index is 2.25. The van der Waals surface area contributed by atoms with Crippen LogP contribution in [0.4, 0.5) is 0 Å². The van der Waals surface area contributed by atoms with Gasteiger partial charge in [0.2, 0.25) is 0 Å². The second-order valence-electron chi connectivity index (χ2n) is 4.36. The number of esters is 1. The van der Waals surface area contributed by atoms with Crippen LogP contribution in [0.5, 0.6) is 0 Å². The number of hydrogen-bond donors (Lipinski definition) is 1. The van der Waals surface area contributed by atoms with Gasteiger partial charge >= 0.3 is 5.97 Å². The summed E-state index contributed by atoms with van der Waals surface area (Å²) in [5.74, 6) is -0.325. The molecule has 20 heavy (non-hydrogen) atoms. The Bertz CT molecular complexity index is 580. The van der Waals surface area contributed by atoms with Crippen molar-refractivity contribution in [1.29, 1.82) is 0 Å². The molecule has 0 aliphatic rings. The van der Waals surface area contributed by atoms with Crippen LogP contribution >= 0.6 is 0 Å². The van der Waals surface area contributed by atoms with Crippen LogP contribution in [0.1, 0.15) is 29.4 Å². The fourth-order valence-electron chi connectivity index (χ4n) is 1.83. The maximum Gasteiger partial charge on any atom is 0.338 e. The molecule has 1 aromatic heterocycles. The van der Waals surface area contributed by atoms with Gasteiger partial charge in [0.15, 0.2) is 0 Å². The lowest BCUT2D eigenvalue weighted by Gasteiger charge is -2.07. The minimum Gasteiger partial charge on any atom is -0.462 e. The number of carbonyl (C=O) groups excluding carboxylic acids is 1. The largest absolute Gasteiger partial charge is 0.462 e. The highest BCUT2D eigenvalue weighted by molar-refractivity contribution is 5.90. The lowest BCUT2D eigenvalue weighted by Crippen LogP contribution is -2.10. The predicted molar refractivity (Wildman–Crippen MR) is 74.7 cm³/mol. The molecule has 2 N–H and O–H groups in total. The number of carbonyl (C=O) groups is 1. The first kappa shape index (κ1) is 14.2. The highest BCUT2D eigenvalue weighted by Crippen LogP contribution is 2.13. The van der Waals surface area contributed by atoms with Crippen molar-refractivity contribution in [2.24, 2.45) is 5.73 Å². The summed E-state index contributed by atoms with van der Waals surface area (Å²) in [7, 11) is 0. The Hall–Kier alpha value is -2.21. The van der Waals surface area contributed by atoms with Gasteiger partial charge in [-0.05, 0) is 31.2 Å². The van der Waals surface area contributed by atoms with Crippen LogP contribution in [0, 0.1) is 0 Å². The van der Waals surface area contributed by atoms with Crippen molar-refractivity contribution in [1.82, 2.24) is 15.0 Å². The lowest BCUT2D eigenvalue weighted by atomic mass is 10.2. The van der Waals surface area contributed by atoms with Crippen LogP contribution in [0.15, 0.2) is 30.5 Å². The Morgan fingerprint density at radius 3 is 3.05 bits per heavy atom. The fourth-order valence-corrected chi connectivity index (χ4v) is 1.83. The molecule has 0 spiro atoms. The summed E-state index contributed by atoms with van der Waals surface area (Å²) in [5, 5.41) is 7.91. The summed E-state index contributed by atoms with van der Waals surface area (Å²) in [6, 6.07) is 7.13. The summed E-state index contributed by atoms with van der Waals surface area (Å²) in [6.45, 7) is 2.90. The van der Waals surface area contributed by atoms with Crippen molar-refractivity contribution >= 4 is 5.97 Å². The molecular formula is C14H18N4O2. The molecule has 106 valence electrons. The van der Waals surface area contributed by atoms with Crippen molar-refractivity contribution < 1.29 is 9.53 Å². The molecule has 6 nitrogen and oxygen atoms in total. The van der Waals surface area contributed by atoms with Crippen molar-refractivity contribution in [2.45, 2.75) is 19.8 Å². The van der Waals surface area contributed by atoms with Crippen molar-refractivity contribution in [3.05, 3.63) is 41.7 Å². The molecule has 1 heterocycles. The summed E-state index contributed by atoms with van der Waals surface area (Å²) in [6.07, 6.45) is 3.15. The first-order valence-corrected chi connectivity index (χ1v) is 6.63. The second kappa shape index (κ2) is 6.81. The molecule has 0 radical (unpaired) electrons. The minimum atomic E-state index is -0.325. The fraction of sp³-hybridized carbons (Fsp3) is 0.357. The third-order valence-corrected chi connectivity index (χ3v) is 2.78. The maximum absolute atomic E-state index is 11.8. The molecule has 0 saturated carbocycles. The lowest BCUT2D eigenvalue weighted by molar-refractivity contribution is 0.0505. The summed E-state index contributed by atoms with van der Waals surface area (Å²) < 4.78 is 6.81. The zero-order valence-corrected chi connectivity index (χ0v) is 11.5. The second-order valence-corrected chi connectivity index (χ2v) is 4.36.